The highest BCUT2D eigenvalue weighted by atomic mass is 127. The average Bonchev–Trinajstić information content (AvgIpc) is 2.67. The van der Waals surface area contributed by atoms with Crippen LogP contribution in [0.15, 0.2) is 18.2 Å². The molecule has 0 saturated heterocycles. The van der Waals surface area contributed by atoms with Crippen molar-refractivity contribution in [2.24, 2.45) is 0 Å². The third kappa shape index (κ3) is 3.38. The molecule has 0 aliphatic heterocycles. The number of carboxylic acid groups (broad SMARTS) is 1. The molecule has 1 heterocycles. The van der Waals surface area contributed by atoms with Gasteiger partial charge in [-0.1, -0.05) is 11.6 Å². The first kappa shape index (κ1) is 16.3. The first-order valence-corrected chi connectivity index (χ1v) is 8.18. The fourth-order valence-electron chi connectivity index (χ4n) is 1.81. The molecule has 1 aromatic carbocycles. The van der Waals surface area contributed by atoms with Crippen LogP contribution in [-0.2, 0) is 0 Å². The van der Waals surface area contributed by atoms with Crippen LogP contribution in [0.2, 0.25) is 5.02 Å². The number of aryl methyl sites for hydroxylation is 1. The normalized spacial score (nSPS) is 10.5. The van der Waals surface area contributed by atoms with E-state index < -0.39 is 5.97 Å². The highest BCUT2D eigenvalue weighted by Gasteiger charge is 2.21. The van der Waals surface area contributed by atoms with Crippen molar-refractivity contribution in [3.8, 4) is 0 Å². The third-order valence-corrected chi connectivity index (χ3v) is 5.30. The van der Waals surface area contributed by atoms with E-state index in [-0.39, 0.29) is 11.5 Å². The Balaban J connectivity index is 2.38. The van der Waals surface area contributed by atoms with Gasteiger partial charge in [-0.3, -0.25) is 4.79 Å². The van der Waals surface area contributed by atoms with Gasteiger partial charge in [0.2, 0.25) is 0 Å². The Morgan fingerprint density at radius 3 is 2.62 bits per heavy atom. The second-order valence-electron chi connectivity index (χ2n) is 4.37. The van der Waals surface area contributed by atoms with E-state index >= 15 is 0 Å². The number of aromatic carboxylic acids is 1. The molecule has 0 aliphatic carbocycles. The summed E-state index contributed by atoms with van der Waals surface area (Å²) in [5.74, 6) is -1.42. The minimum Gasteiger partial charge on any atom is -0.478 e. The second kappa shape index (κ2) is 6.33. The predicted octanol–water partition coefficient (Wildman–Crippen LogP) is 4.57. The van der Waals surface area contributed by atoms with Crippen LogP contribution >= 0.6 is 45.5 Å². The molecule has 0 atom stereocenters. The molecule has 4 nitrogen and oxygen atoms in total. The van der Waals surface area contributed by atoms with Gasteiger partial charge >= 0.3 is 5.97 Å². The topological polar surface area (TPSA) is 66.4 Å². The van der Waals surface area contributed by atoms with Gasteiger partial charge in [-0.05, 0) is 60.2 Å². The van der Waals surface area contributed by atoms with Crippen LogP contribution in [0, 0.1) is 17.4 Å². The van der Waals surface area contributed by atoms with Crippen molar-refractivity contribution in [1.29, 1.82) is 0 Å². The number of halogens is 2. The van der Waals surface area contributed by atoms with Crippen molar-refractivity contribution in [1.82, 2.24) is 0 Å². The summed E-state index contributed by atoms with van der Waals surface area (Å²) in [6.45, 7) is 3.55. The fraction of sp³-hybridized carbons (Fsp3) is 0.143. The molecule has 0 unspecified atom stereocenters. The summed E-state index contributed by atoms with van der Waals surface area (Å²) >= 11 is 9.19. The summed E-state index contributed by atoms with van der Waals surface area (Å²) in [5, 5.41) is 12.7. The van der Waals surface area contributed by atoms with Crippen molar-refractivity contribution in [2.75, 3.05) is 5.32 Å². The summed E-state index contributed by atoms with van der Waals surface area (Å²) in [4.78, 5) is 24.5. The van der Waals surface area contributed by atoms with E-state index in [0.717, 1.165) is 8.45 Å². The molecule has 110 valence electrons. The number of anilines is 1. The molecule has 0 bridgehead atoms. The van der Waals surface area contributed by atoms with Gasteiger partial charge in [0.05, 0.1) is 11.1 Å². The zero-order chi connectivity index (χ0) is 15.7. The first-order valence-electron chi connectivity index (χ1n) is 5.91. The van der Waals surface area contributed by atoms with E-state index in [1.807, 2.05) is 29.5 Å². The smallest absolute Gasteiger partial charge is 0.338 e. The average molecular weight is 436 g/mol. The maximum Gasteiger partial charge on any atom is 0.338 e. The number of hydrogen-bond acceptors (Lipinski definition) is 3. The lowest BCUT2D eigenvalue weighted by Crippen LogP contribution is -2.14. The Morgan fingerprint density at radius 2 is 2.00 bits per heavy atom. The van der Waals surface area contributed by atoms with Crippen LogP contribution in [0.4, 0.5) is 5.00 Å². The molecule has 0 spiro atoms. The molecule has 2 rings (SSSR count). The number of hydrogen-bond donors (Lipinski definition) is 2. The zero-order valence-electron chi connectivity index (χ0n) is 11.2. The lowest BCUT2D eigenvalue weighted by molar-refractivity contribution is 0.0697. The largest absolute Gasteiger partial charge is 0.478 e. The molecule has 21 heavy (non-hydrogen) atoms. The van der Waals surface area contributed by atoms with Crippen LogP contribution in [0.3, 0.4) is 0 Å². The maximum atomic E-state index is 12.3. The molecule has 0 fully saturated rings. The van der Waals surface area contributed by atoms with Crippen LogP contribution in [0.1, 0.15) is 31.2 Å². The summed E-state index contributed by atoms with van der Waals surface area (Å²) in [6.07, 6.45) is 0. The van der Waals surface area contributed by atoms with Gasteiger partial charge in [0.15, 0.2) is 0 Å². The van der Waals surface area contributed by atoms with E-state index in [9.17, 15) is 14.7 Å². The van der Waals surface area contributed by atoms with Crippen molar-refractivity contribution >= 4 is 62.4 Å². The van der Waals surface area contributed by atoms with Crippen molar-refractivity contribution in [3.63, 3.8) is 0 Å². The summed E-state index contributed by atoms with van der Waals surface area (Å²) in [5.41, 5.74) is 1.23. The molecule has 7 heteroatoms. The summed E-state index contributed by atoms with van der Waals surface area (Å²) in [6, 6.07) is 5.00. The van der Waals surface area contributed by atoms with Crippen molar-refractivity contribution < 1.29 is 14.7 Å². The Morgan fingerprint density at radius 1 is 1.33 bits per heavy atom. The minimum absolute atomic E-state index is 0.142. The van der Waals surface area contributed by atoms with Gasteiger partial charge in [0.1, 0.15) is 5.00 Å². The summed E-state index contributed by atoms with van der Waals surface area (Å²) in [7, 11) is 0. The van der Waals surface area contributed by atoms with E-state index in [0.29, 0.717) is 21.2 Å². The molecular formula is C14H11ClINO3S. The molecule has 0 saturated carbocycles. The number of nitrogens with one attached hydrogen (secondary N) is 1. The first-order chi connectivity index (χ1) is 9.81. The van der Waals surface area contributed by atoms with Crippen LogP contribution in [0.5, 0.6) is 0 Å². The maximum absolute atomic E-state index is 12.3. The van der Waals surface area contributed by atoms with Crippen LogP contribution in [-0.4, -0.2) is 17.0 Å². The Kier molecular flexibility index (Phi) is 4.90. The van der Waals surface area contributed by atoms with Crippen LogP contribution in [0.25, 0.3) is 0 Å². The number of benzene rings is 1. The van der Waals surface area contributed by atoms with Gasteiger partial charge in [0, 0.05) is 13.5 Å². The molecule has 1 aromatic heterocycles. The van der Waals surface area contributed by atoms with Crippen molar-refractivity contribution in [3.05, 3.63) is 48.4 Å². The van der Waals surface area contributed by atoms with E-state index in [1.54, 1.807) is 25.1 Å². The number of carboxylic acids is 1. The standard InChI is InChI=1S/C14H11ClINO3S/c1-6-7(2)21-13(11(6)14(19)20)17-12(18)9-5-8(15)3-4-10(9)16/h3-5H,1-2H3,(H,17,18)(H,19,20). The number of amides is 1. The fourth-order valence-corrected chi connectivity index (χ4v) is 3.61. The van der Waals surface area contributed by atoms with E-state index in [4.69, 9.17) is 11.6 Å². The second-order valence-corrected chi connectivity index (χ2v) is 7.19. The molecule has 2 N–H and O–H groups in total. The van der Waals surface area contributed by atoms with Crippen LogP contribution < -0.4 is 5.32 Å². The lowest BCUT2D eigenvalue weighted by Gasteiger charge is -2.07. The monoisotopic (exact) mass is 435 g/mol. The molecule has 2 aromatic rings. The number of thiophene rings is 1. The molecule has 0 aliphatic rings. The number of carbonyl (C=O) groups excluding carboxylic acids is 1. The van der Waals surface area contributed by atoms with E-state index in [1.165, 1.54) is 11.3 Å². The lowest BCUT2D eigenvalue weighted by atomic mass is 10.1. The van der Waals surface area contributed by atoms with E-state index in [2.05, 4.69) is 5.32 Å². The highest BCUT2D eigenvalue weighted by Crippen LogP contribution is 2.33. The van der Waals surface area contributed by atoms with Gasteiger partial charge in [-0.15, -0.1) is 11.3 Å². The van der Waals surface area contributed by atoms with Gasteiger partial charge in [-0.25, -0.2) is 4.79 Å². The SMILES string of the molecule is Cc1sc(NC(=O)c2cc(Cl)ccc2I)c(C(=O)O)c1C. The van der Waals surface area contributed by atoms with Crippen molar-refractivity contribution in [2.45, 2.75) is 13.8 Å². The summed E-state index contributed by atoms with van der Waals surface area (Å²) < 4.78 is 0.747. The molecule has 0 radical (unpaired) electrons. The predicted molar refractivity (Wildman–Crippen MR) is 92.9 cm³/mol. The highest BCUT2D eigenvalue weighted by molar-refractivity contribution is 14.1. The zero-order valence-corrected chi connectivity index (χ0v) is 14.9. The quantitative estimate of drug-likeness (QED) is 0.694. The number of rotatable bonds is 3. The van der Waals surface area contributed by atoms with Gasteiger partial charge in [-0.2, -0.15) is 0 Å². The minimum atomic E-state index is -1.05. The van der Waals surface area contributed by atoms with Gasteiger partial charge in [0.25, 0.3) is 5.91 Å². The Hall–Kier alpha value is -1.12. The Labute approximate surface area is 144 Å². The van der Waals surface area contributed by atoms with Gasteiger partial charge < -0.3 is 10.4 Å². The third-order valence-electron chi connectivity index (χ3n) is 3.00. The molecule has 1 amide bonds. The Bertz CT molecular complexity index is 742. The number of carbonyl (C=O) groups is 2. The molecular weight excluding hydrogens is 425 g/mol.